The Bertz CT molecular complexity index is 227. The predicted molar refractivity (Wildman–Crippen MR) is 69.8 cm³/mol. The highest BCUT2D eigenvalue weighted by Gasteiger charge is 2.23. The summed E-state index contributed by atoms with van der Waals surface area (Å²) < 4.78 is 0. The van der Waals surface area contributed by atoms with Crippen molar-refractivity contribution in [3.05, 3.63) is 0 Å². The van der Waals surface area contributed by atoms with Crippen LogP contribution < -0.4 is 11.1 Å². The smallest absolute Gasteiger partial charge is 0.233 e. The summed E-state index contributed by atoms with van der Waals surface area (Å²) in [6.45, 7) is 7.44. The lowest BCUT2D eigenvalue weighted by molar-refractivity contribution is -0.122. The number of hydrogen-bond acceptors (Lipinski definition) is 4. The number of carbonyl (C=O) groups excluding carboxylic acids is 1. The highest BCUT2D eigenvalue weighted by atomic mass is 16.1. The lowest BCUT2D eigenvalue weighted by atomic mass is 10.1. The zero-order valence-corrected chi connectivity index (χ0v) is 11.1. The number of likely N-dealkylation sites (N-methyl/N-ethyl adjacent to an activating group) is 1. The fraction of sp³-hybridized carbons (Fsp3) is 0.917. The molecule has 1 saturated heterocycles. The van der Waals surface area contributed by atoms with Gasteiger partial charge in [-0.1, -0.05) is 13.3 Å². The lowest BCUT2D eigenvalue weighted by Crippen LogP contribution is -2.53. The summed E-state index contributed by atoms with van der Waals surface area (Å²) in [6.07, 6.45) is 2.35. The van der Waals surface area contributed by atoms with Crippen LogP contribution in [0.3, 0.4) is 0 Å². The molecule has 5 nitrogen and oxygen atoms in total. The van der Waals surface area contributed by atoms with Crippen LogP contribution in [0.4, 0.5) is 0 Å². The molecule has 0 radical (unpaired) electrons. The van der Waals surface area contributed by atoms with Gasteiger partial charge in [-0.25, -0.2) is 0 Å². The van der Waals surface area contributed by atoms with Gasteiger partial charge in [0.05, 0.1) is 6.54 Å². The second-order valence-electron chi connectivity index (χ2n) is 4.66. The molecule has 3 N–H and O–H groups in total. The maximum absolute atomic E-state index is 11.3. The Morgan fingerprint density at radius 1 is 1.35 bits per heavy atom. The standard InChI is InChI=1S/C12H26N4O/c1-3-4-11(9-13)16-7-5-15(6-8-16)10-12(17)14-2/h11H,3-10,13H2,1-2H3,(H,14,17). The third kappa shape index (κ3) is 4.61. The van der Waals surface area contributed by atoms with E-state index < -0.39 is 0 Å². The van der Waals surface area contributed by atoms with E-state index >= 15 is 0 Å². The van der Waals surface area contributed by atoms with Crippen molar-refractivity contribution in [2.75, 3.05) is 46.3 Å². The summed E-state index contributed by atoms with van der Waals surface area (Å²) in [5.41, 5.74) is 5.81. The molecule has 0 spiro atoms. The van der Waals surface area contributed by atoms with E-state index in [1.54, 1.807) is 7.05 Å². The summed E-state index contributed by atoms with van der Waals surface area (Å²) in [5.74, 6) is 0.0994. The van der Waals surface area contributed by atoms with E-state index in [1.807, 2.05) is 0 Å². The molecule has 0 saturated carbocycles. The van der Waals surface area contributed by atoms with Gasteiger partial charge in [0.25, 0.3) is 0 Å². The van der Waals surface area contributed by atoms with Gasteiger partial charge in [0, 0.05) is 45.8 Å². The topological polar surface area (TPSA) is 61.6 Å². The molecule has 1 atom stereocenters. The van der Waals surface area contributed by atoms with Gasteiger partial charge in [-0.05, 0) is 6.42 Å². The van der Waals surface area contributed by atoms with Gasteiger partial charge in [-0.2, -0.15) is 0 Å². The number of nitrogens with one attached hydrogen (secondary N) is 1. The number of amides is 1. The average Bonchev–Trinajstić information content (AvgIpc) is 2.37. The van der Waals surface area contributed by atoms with Gasteiger partial charge in [0.2, 0.25) is 5.91 Å². The molecular weight excluding hydrogens is 216 g/mol. The highest BCUT2D eigenvalue weighted by molar-refractivity contribution is 5.77. The van der Waals surface area contributed by atoms with Crippen molar-refractivity contribution < 1.29 is 4.79 Å². The zero-order chi connectivity index (χ0) is 12.7. The van der Waals surface area contributed by atoms with Crippen LogP contribution >= 0.6 is 0 Å². The number of nitrogens with two attached hydrogens (primary N) is 1. The molecule has 1 amide bonds. The maximum atomic E-state index is 11.3. The van der Waals surface area contributed by atoms with Crippen LogP contribution in [-0.2, 0) is 4.79 Å². The highest BCUT2D eigenvalue weighted by Crippen LogP contribution is 2.09. The molecule has 0 aromatic heterocycles. The predicted octanol–water partition coefficient (Wildman–Crippen LogP) is -0.523. The molecular formula is C12H26N4O. The minimum Gasteiger partial charge on any atom is -0.358 e. The first-order valence-corrected chi connectivity index (χ1v) is 6.58. The van der Waals surface area contributed by atoms with Crippen LogP contribution in [0.5, 0.6) is 0 Å². The van der Waals surface area contributed by atoms with Crippen LogP contribution in [0.15, 0.2) is 0 Å². The van der Waals surface area contributed by atoms with Crippen LogP contribution in [0.1, 0.15) is 19.8 Å². The van der Waals surface area contributed by atoms with Gasteiger partial charge in [0.1, 0.15) is 0 Å². The number of nitrogens with zero attached hydrogens (tertiary/aromatic N) is 2. The SMILES string of the molecule is CCCC(CN)N1CCN(CC(=O)NC)CC1. The van der Waals surface area contributed by atoms with E-state index in [0.717, 1.165) is 32.7 Å². The number of hydrogen-bond donors (Lipinski definition) is 2. The van der Waals surface area contributed by atoms with Crippen LogP contribution in [0.25, 0.3) is 0 Å². The van der Waals surface area contributed by atoms with Crippen molar-refractivity contribution in [3.8, 4) is 0 Å². The van der Waals surface area contributed by atoms with Crippen molar-refractivity contribution in [2.24, 2.45) is 5.73 Å². The zero-order valence-electron chi connectivity index (χ0n) is 11.1. The van der Waals surface area contributed by atoms with E-state index in [9.17, 15) is 4.79 Å². The maximum Gasteiger partial charge on any atom is 0.233 e. The first kappa shape index (κ1) is 14.4. The monoisotopic (exact) mass is 242 g/mol. The Morgan fingerprint density at radius 3 is 2.47 bits per heavy atom. The fourth-order valence-electron chi connectivity index (χ4n) is 2.35. The number of rotatable bonds is 6. The van der Waals surface area contributed by atoms with E-state index in [0.29, 0.717) is 12.6 Å². The van der Waals surface area contributed by atoms with E-state index in [2.05, 4.69) is 22.0 Å². The van der Waals surface area contributed by atoms with Crippen molar-refractivity contribution in [1.29, 1.82) is 0 Å². The van der Waals surface area contributed by atoms with Gasteiger partial charge in [-0.15, -0.1) is 0 Å². The molecule has 1 fully saturated rings. The minimum absolute atomic E-state index is 0.0994. The molecule has 0 aliphatic carbocycles. The van der Waals surface area contributed by atoms with Crippen molar-refractivity contribution in [3.63, 3.8) is 0 Å². The Kier molecular flexibility index (Phi) is 6.47. The fourth-order valence-corrected chi connectivity index (χ4v) is 2.35. The molecule has 17 heavy (non-hydrogen) atoms. The van der Waals surface area contributed by atoms with Crippen LogP contribution in [-0.4, -0.2) is 68.1 Å². The molecule has 1 aliphatic heterocycles. The molecule has 1 unspecified atom stereocenters. The Hall–Kier alpha value is -0.650. The third-order valence-electron chi connectivity index (χ3n) is 3.46. The van der Waals surface area contributed by atoms with Crippen LogP contribution in [0, 0.1) is 0 Å². The Labute approximate surface area is 104 Å². The van der Waals surface area contributed by atoms with Gasteiger partial charge in [0.15, 0.2) is 0 Å². The Balaban J connectivity index is 2.31. The normalized spacial score (nSPS) is 20.2. The molecule has 5 heteroatoms. The molecule has 1 aliphatic rings. The third-order valence-corrected chi connectivity index (χ3v) is 3.46. The molecule has 0 aromatic carbocycles. The van der Waals surface area contributed by atoms with Crippen molar-refractivity contribution in [2.45, 2.75) is 25.8 Å². The summed E-state index contributed by atoms with van der Waals surface area (Å²) in [5, 5.41) is 2.66. The molecule has 1 rings (SSSR count). The summed E-state index contributed by atoms with van der Waals surface area (Å²) >= 11 is 0. The molecule has 0 aromatic rings. The number of carbonyl (C=O) groups is 1. The molecule has 100 valence electrons. The van der Waals surface area contributed by atoms with E-state index in [4.69, 9.17) is 5.73 Å². The second kappa shape index (κ2) is 7.63. The first-order valence-electron chi connectivity index (χ1n) is 6.58. The van der Waals surface area contributed by atoms with Gasteiger partial charge >= 0.3 is 0 Å². The number of piperazine rings is 1. The van der Waals surface area contributed by atoms with Gasteiger partial charge in [-0.3, -0.25) is 14.6 Å². The average molecular weight is 242 g/mol. The first-order chi connectivity index (χ1) is 8.21. The minimum atomic E-state index is 0.0994. The van der Waals surface area contributed by atoms with Crippen LogP contribution in [0.2, 0.25) is 0 Å². The van der Waals surface area contributed by atoms with E-state index in [1.165, 1.54) is 12.8 Å². The second-order valence-corrected chi connectivity index (χ2v) is 4.66. The molecule has 0 bridgehead atoms. The van der Waals surface area contributed by atoms with Crippen molar-refractivity contribution in [1.82, 2.24) is 15.1 Å². The van der Waals surface area contributed by atoms with E-state index in [-0.39, 0.29) is 5.91 Å². The summed E-state index contributed by atoms with van der Waals surface area (Å²) in [7, 11) is 1.68. The Morgan fingerprint density at radius 2 is 2.00 bits per heavy atom. The molecule has 1 heterocycles. The lowest BCUT2D eigenvalue weighted by Gasteiger charge is -2.38. The summed E-state index contributed by atoms with van der Waals surface area (Å²) in [6, 6.07) is 0.516. The van der Waals surface area contributed by atoms with Crippen molar-refractivity contribution >= 4 is 5.91 Å². The largest absolute Gasteiger partial charge is 0.358 e. The van der Waals surface area contributed by atoms with Gasteiger partial charge < -0.3 is 11.1 Å². The summed E-state index contributed by atoms with van der Waals surface area (Å²) in [4.78, 5) is 15.9. The quantitative estimate of drug-likeness (QED) is 0.658.